The van der Waals surface area contributed by atoms with Gasteiger partial charge >= 0.3 is 0 Å². The first kappa shape index (κ1) is 15.2. The molecular formula is C11H17ClFNO2. The number of hydrogen-bond acceptors (Lipinski definition) is 3. The molecule has 0 aliphatic carbocycles. The Morgan fingerprint density at radius 1 is 1.44 bits per heavy atom. The van der Waals surface area contributed by atoms with Crippen molar-refractivity contribution in [3.8, 4) is 5.75 Å². The van der Waals surface area contributed by atoms with Crippen molar-refractivity contribution in [3.63, 3.8) is 0 Å². The average Bonchev–Trinajstić information content (AvgIpc) is 2.21. The van der Waals surface area contributed by atoms with E-state index in [2.05, 4.69) is 0 Å². The Balaban J connectivity index is 0.00000225. The molecule has 2 atom stereocenters. The normalized spacial score (nSPS) is 14.0. The molecule has 0 aliphatic heterocycles. The molecule has 0 unspecified atom stereocenters. The van der Waals surface area contributed by atoms with Gasteiger partial charge in [-0.3, -0.25) is 0 Å². The van der Waals surface area contributed by atoms with E-state index in [0.717, 1.165) is 18.6 Å². The van der Waals surface area contributed by atoms with E-state index in [0.29, 0.717) is 6.42 Å². The highest BCUT2D eigenvalue weighted by molar-refractivity contribution is 5.85. The number of nitrogens with two attached hydrogens (primary N) is 1. The first-order valence-corrected chi connectivity index (χ1v) is 4.98. The Kier molecular flexibility index (Phi) is 6.33. The predicted octanol–water partition coefficient (Wildman–Crippen LogP) is 2.11. The maximum atomic E-state index is 12.9. The fraction of sp³-hybridized carbons (Fsp3) is 0.455. The van der Waals surface area contributed by atoms with Crippen molar-refractivity contribution in [2.45, 2.75) is 31.9 Å². The molecule has 0 saturated heterocycles. The SMILES string of the molecule is CCC[C@H](O)[C@H](N)c1cc(F)ccc1O.Cl. The summed E-state index contributed by atoms with van der Waals surface area (Å²) in [5.41, 5.74) is 5.96. The second-order valence-corrected chi connectivity index (χ2v) is 3.58. The Morgan fingerprint density at radius 3 is 2.62 bits per heavy atom. The van der Waals surface area contributed by atoms with Crippen LogP contribution >= 0.6 is 12.4 Å². The molecule has 1 aromatic rings. The summed E-state index contributed by atoms with van der Waals surface area (Å²) in [6.07, 6.45) is 0.546. The summed E-state index contributed by atoms with van der Waals surface area (Å²) in [6, 6.07) is 2.79. The van der Waals surface area contributed by atoms with Gasteiger partial charge in [0.15, 0.2) is 0 Å². The highest BCUT2D eigenvalue weighted by Crippen LogP contribution is 2.26. The third-order valence-corrected chi connectivity index (χ3v) is 2.35. The lowest BCUT2D eigenvalue weighted by molar-refractivity contribution is 0.133. The van der Waals surface area contributed by atoms with Gasteiger partial charge in [-0.15, -0.1) is 12.4 Å². The molecule has 0 bridgehead atoms. The number of phenols is 1. The van der Waals surface area contributed by atoms with Gasteiger partial charge < -0.3 is 15.9 Å². The second kappa shape index (κ2) is 6.68. The molecule has 92 valence electrons. The van der Waals surface area contributed by atoms with E-state index in [1.807, 2.05) is 6.92 Å². The van der Waals surface area contributed by atoms with Crippen LogP contribution in [0, 0.1) is 5.82 Å². The topological polar surface area (TPSA) is 66.5 Å². The lowest BCUT2D eigenvalue weighted by atomic mass is 9.98. The zero-order valence-electron chi connectivity index (χ0n) is 9.06. The summed E-state index contributed by atoms with van der Waals surface area (Å²) < 4.78 is 12.9. The third-order valence-electron chi connectivity index (χ3n) is 2.35. The molecule has 0 radical (unpaired) electrons. The molecule has 0 amide bonds. The number of aliphatic hydroxyl groups excluding tert-OH is 1. The number of phenolic OH excluding ortho intramolecular Hbond substituents is 1. The van der Waals surface area contributed by atoms with Crippen LogP contribution < -0.4 is 5.73 Å². The fourth-order valence-corrected chi connectivity index (χ4v) is 1.47. The van der Waals surface area contributed by atoms with Crippen molar-refractivity contribution in [2.24, 2.45) is 5.73 Å². The van der Waals surface area contributed by atoms with E-state index < -0.39 is 18.0 Å². The van der Waals surface area contributed by atoms with Gasteiger partial charge in [0.25, 0.3) is 0 Å². The highest BCUT2D eigenvalue weighted by Gasteiger charge is 2.19. The van der Waals surface area contributed by atoms with Crippen LogP contribution in [0.5, 0.6) is 5.75 Å². The molecule has 0 heterocycles. The average molecular weight is 250 g/mol. The van der Waals surface area contributed by atoms with Crippen LogP contribution in [0.25, 0.3) is 0 Å². The number of hydrogen-bond donors (Lipinski definition) is 3. The fourth-order valence-electron chi connectivity index (χ4n) is 1.47. The minimum absolute atomic E-state index is 0. The van der Waals surface area contributed by atoms with Gasteiger partial charge in [-0.25, -0.2) is 4.39 Å². The minimum atomic E-state index is -0.761. The summed E-state index contributed by atoms with van der Waals surface area (Å²) in [5.74, 6) is -0.555. The zero-order chi connectivity index (χ0) is 11.4. The van der Waals surface area contributed by atoms with Crippen molar-refractivity contribution in [1.29, 1.82) is 0 Å². The van der Waals surface area contributed by atoms with E-state index in [1.54, 1.807) is 0 Å². The largest absolute Gasteiger partial charge is 0.508 e. The van der Waals surface area contributed by atoms with Crippen molar-refractivity contribution >= 4 is 12.4 Å². The molecule has 0 aliphatic rings. The number of benzene rings is 1. The Hall–Kier alpha value is -0.840. The van der Waals surface area contributed by atoms with Gasteiger partial charge in [-0.05, 0) is 24.6 Å². The standard InChI is InChI=1S/C11H16FNO2.ClH/c1-2-3-10(15)11(13)8-6-7(12)4-5-9(8)14;/h4-6,10-11,14-15H,2-3,13H2,1H3;1H/t10-,11+;/m0./s1. The maximum Gasteiger partial charge on any atom is 0.123 e. The van der Waals surface area contributed by atoms with Crippen LogP contribution in [-0.2, 0) is 0 Å². The van der Waals surface area contributed by atoms with Gasteiger partial charge in [0, 0.05) is 5.56 Å². The lowest BCUT2D eigenvalue weighted by Crippen LogP contribution is -2.26. The molecule has 3 nitrogen and oxygen atoms in total. The molecule has 0 spiro atoms. The highest BCUT2D eigenvalue weighted by atomic mass is 35.5. The summed E-state index contributed by atoms with van der Waals surface area (Å²) in [6.45, 7) is 1.92. The van der Waals surface area contributed by atoms with Crippen LogP contribution in [0.3, 0.4) is 0 Å². The number of aromatic hydroxyl groups is 1. The molecule has 1 aromatic carbocycles. The monoisotopic (exact) mass is 249 g/mol. The first-order valence-electron chi connectivity index (χ1n) is 4.98. The van der Waals surface area contributed by atoms with Gasteiger partial charge in [0.2, 0.25) is 0 Å². The predicted molar refractivity (Wildman–Crippen MR) is 63.2 cm³/mol. The quantitative estimate of drug-likeness (QED) is 0.766. The Bertz CT molecular complexity index is 336. The van der Waals surface area contributed by atoms with Crippen LogP contribution in [0.2, 0.25) is 0 Å². The molecular weight excluding hydrogens is 233 g/mol. The number of aliphatic hydroxyl groups is 1. The van der Waals surface area contributed by atoms with Crippen LogP contribution in [0.4, 0.5) is 4.39 Å². The molecule has 5 heteroatoms. The van der Waals surface area contributed by atoms with Crippen molar-refractivity contribution in [3.05, 3.63) is 29.6 Å². The van der Waals surface area contributed by atoms with Gasteiger partial charge in [-0.1, -0.05) is 13.3 Å². The van der Waals surface area contributed by atoms with E-state index in [9.17, 15) is 14.6 Å². The van der Waals surface area contributed by atoms with Crippen LogP contribution in [0.1, 0.15) is 31.4 Å². The van der Waals surface area contributed by atoms with E-state index in [-0.39, 0.29) is 23.7 Å². The van der Waals surface area contributed by atoms with Crippen LogP contribution in [0.15, 0.2) is 18.2 Å². The van der Waals surface area contributed by atoms with E-state index >= 15 is 0 Å². The van der Waals surface area contributed by atoms with Crippen LogP contribution in [-0.4, -0.2) is 16.3 Å². The van der Waals surface area contributed by atoms with Crippen molar-refractivity contribution in [1.82, 2.24) is 0 Å². The third kappa shape index (κ3) is 3.63. The Labute approximate surface area is 101 Å². The smallest absolute Gasteiger partial charge is 0.123 e. The van der Waals surface area contributed by atoms with Gasteiger partial charge in [0.1, 0.15) is 11.6 Å². The summed E-state index contributed by atoms with van der Waals surface area (Å²) in [5, 5.41) is 19.1. The van der Waals surface area contributed by atoms with Crippen molar-refractivity contribution < 1.29 is 14.6 Å². The van der Waals surface area contributed by atoms with E-state index in [1.165, 1.54) is 6.07 Å². The zero-order valence-corrected chi connectivity index (χ0v) is 9.88. The molecule has 16 heavy (non-hydrogen) atoms. The molecule has 0 saturated carbocycles. The van der Waals surface area contributed by atoms with Gasteiger partial charge in [-0.2, -0.15) is 0 Å². The van der Waals surface area contributed by atoms with Gasteiger partial charge in [0.05, 0.1) is 12.1 Å². The molecule has 4 N–H and O–H groups in total. The summed E-state index contributed by atoms with van der Waals surface area (Å²) in [4.78, 5) is 0. The minimum Gasteiger partial charge on any atom is -0.508 e. The Morgan fingerprint density at radius 2 is 2.06 bits per heavy atom. The summed E-state index contributed by atoms with van der Waals surface area (Å²) >= 11 is 0. The maximum absolute atomic E-state index is 12.9. The number of rotatable bonds is 4. The lowest BCUT2D eigenvalue weighted by Gasteiger charge is -2.19. The van der Waals surface area contributed by atoms with Crippen molar-refractivity contribution in [2.75, 3.05) is 0 Å². The molecule has 1 rings (SSSR count). The second-order valence-electron chi connectivity index (χ2n) is 3.58. The molecule has 0 aromatic heterocycles. The summed E-state index contributed by atoms with van der Waals surface area (Å²) in [7, 11) is 0. The molecule has 0 fully saturated rings. The number of halogens is 2. The first-order chi connectivity index (χ1) is 7.06. The van der Waals surface area contributed by atoms with E-state index in [4.69, 9.17) is 5.73 Å².